The Hall–Kier alpha value is -1.35. The van der Waals surface area contributed by atoms with Gasteiger partial charge in [-0.2, -0.15) is 0 Å². The number of ether oxygens (including phenoxy) is 1. The monoisotopic (exact) mass is 233 g/mol. The molecule has 3 heteroatoms. The van der Waals surface area contributed by atoms with Crippen molar-refractivity contribution in [1.29, 1.82) is 0 Å². The molecular formula is C14H19NO2. The zero-order valence-electron chi connectivity index (χ0n) is 10.3. The van der Waals surface area contributed by atoms with E-state index in [1.807, 2.05) is 24.0 Å². The molecule has 0 N–H and O–H groups in total. The smallest absolute Gasteiger partial charge is 0.246 e. The normalized spacial score (nSPS) is 26.2. The maximum Gasteiger partial charge on any atom is 0.246 e. The van der Waals surface area contributed by atoms with Crippen LogP contribution in [0.2, 0.25) is 0 Å². The van der Waals surface area contributed by atoms with Crippen LogP contribution in [0.4, 0.5) is 0 Å². The Balaban J connectivity index is 2.15. The third-order valence-electron chi connectivity index (χ3n) is 3.46. The first-order chi connectivity index (χ1) is 8.12. The molecule has 2 aliphatic rings. The van der Waals surface area contributed by atoms with E-state index < -0.39 is 0 Å². The van der Waals surface area contributed by atoms with E-state index in [1.54, 1.807) is 0 Å². The van der Waals surface area contributed by atoms with E-state index in [0.717, 1.165) is 18.4 Å². The van der Waals surface area contributed by atoms with Crippen LogP contribution < -0.4 is 0 Å². The summed E-state index contributed by atoms with van der Waals surface area (Å²) in [5.41, 5.74) is 0.851. The van der Waals surface area contributed by atoms with E-state index in [9.17, 15) is 4.79 Å². The second-order valence-corrected chi connectivity index (χ2v) is 4.75. The first kappa shape index (κ1) is 12.1. The van der Waals surface area contributed by atoms with Crippen LogP contribution in [0, 0.1) is 0 Å². The number of nitrogens with zero attached hydrogens (tertiary/aromatic N) is 1. The molecule has 1 aliphatic heterocycles. The summed E-state index contributed by atoms with van der Waals surface area (Å²) in [5.74, 6) is -0.0322. The van der Waals surface area contributed by atoms with Gasteiger partial charge in [-0.15, -0.1) is 0 Å². The lowest BCUT2D eigenvalue weighted by molar-refractivity contribution is -0.140. The summed E-state index contributed by atoms with van der Waals surface area (Å²) in [6.07, 6.45) is 7.34. The largest absolute Gasteiger partial charge is 0.371 e. The van der Waals surface area contributed by atoms with Gasteiger partial charge in [-0.3, -0.25) is 4.79 Å². The van der Waals surface area contributed by atoms with E-state index in [0.29, 0.717) is 13.2 Å². The van der Waals surface area contributed by atoms with Crippen LogP contribution in [-0.4, -0.2) is 35.6 Å². The second-order valence-electron chi connectivity index (χ2n) is 4.75. The molecule has 2 rings (SSSR count). The summed E-state index contributed by atoms with van der Waals surface area (Å²) in [7, 11) is 0. The number of morpholine rings is 1. The first-order valence-corrected chi connectivity index (χ1v) is 6.00. The summed E-state index contributed by atoms with van der Waals surface area (Å²) in [5, 5.41) is 0. The van der Waals surface area contributed by atoms with Crippen LogP contribution in [0.1, 0.15) is 19.8 Å². The third kappa shape index (κ3) is 2.34. The third-order valence-corrected chi connectivity index (χ3v) is 3.46. The molecule has 1 unspecified atom stereocenters. The molecule has 0 aromatic rings. The van der Waals surface area contributed by atoms with Crippen molar-refractivity contribution in [2.75, 3.05) is 13.2 Å². The van der Waals surface area contributed by atoms with Gasteiger partial charge in [0.25, 0.3) is 0 Å². The van der Waals surface area contributed by atoms with Crippen LogP contribution in [0.5, 0.6) is 0 Å². The van der Waals surface area contributed by atoms with Crippen LogP contribution >= 0.6 is 0 Å². The van der Waals surface area contributed by atoms with Gasteiger partial charge in [0.2, 0.25) is 5.91 Å². The predicted molar refractivity (Wildman–Crippen MR) is 67.6 cm³/mol. The lowest BCUT2D eigenvalue weighted by Gasteiger charge is -2.40. The van der Waals surface area contributed by atoms with E-state index in [1.165, 1.54) is 6.08 Å². The summed E-state index contributed by atoms with van der Waals surface area (Å²) < 4.78 is 5.86. The van der Waals surface area contributed by atoms with Crippen molar-refractivity contribution in [1.82, 2.24) is 4.90 Å². The molecule has 2 fully saturated rings. The number of hydrogen-bond acceptors (Lipinski definition) is 2. The van der Waals surface area contributed by atoms with Crippen molar-refractivity contribution < 1.29 is 9.53 Å². The highest BCUT2D eigenvalue weighted by Crippen LogP contribution is 2.43. The van der Waals surface area contributed by atoms with Gasteiger partial charge in [0.15, 0.2) is 0 Å². The lowest BCUT2D eigenvalue weighted by Crippen LogP contribution is -2.53. The van der Waals surface area contributed by atoms with E-state index in [4.69, 9.17) is 4.74 Å². The Bertz CT molecular complexity index is 380. The molecule has 0 radical (unpaired) electrons. The number of amides is 1. The number of allylic oxidation sites excluding steroid dienone is 1. The fourth-order valence-corrected chi connectivity index (χ4v) is 2.23. The number of hydrogen-bond donors (Lipinski definition) is 0. The standard InChI is InChI=1S/C14H19NO2/c1-4-6-11(3)12-9-17-14(7-8-14)10-15(12)13(16)5-2/h4-6,12H,2-3,7-10H2,1H3/b6-4-. The molecule has 1 atom stereocenters. The Morgan fingerprint density at radius 2 is 2.24 bits per heavy atom. The average Bonchev–Trinajstić information content (AvgIpc) is 3.07. The molecule has 0 bridgehead atoms. The zero-order chi connectivity index (χ0) is 12.5. The van der Waals surface area contributed by atoms with E-state index >= 15 is 0 Å². The summed E-state index contributed by atoms with van der Waals surface area (Å²) >= 11 is 0. The Kier molecular flexibility index (Phi) is 3.20. The van der Waals surface area contributed by atoms with Crippen LogP contribution in [0.25, 0.3) is 0 Å². The number of carbonyl (C=O) groups excluding carboxylic acids is 1. The SMILES string of the molecule is C=CC(=O)N1CC2(CC2)OCC1C(=C)/C=C\C. The molecule has 3 nitrogen and oxygen atoms in total. The molecule has 0 aromatic carbocycles. The van der Waals surface area contributed by atoms with Gasteiger partial charge in [-0.25, -0.2) is 0 Å². The predicted octanol–water partition coefficient (Wildman–Crippen LogP) is 2.06. The fourth-order valence-electron chi connectivity index (χ4n) is 2.23. The molecule has 1 saturated carbocycles. The van der Waals surface area contributed by atoms with Gasteiger partial charge >= 0.3 is 0 Å². The summed E-state index contributed by atoms with van der Waals surface area (Å²) in [6, 6.07) is -0.0528. The van der Waals surface area contributed by atoms with Gasteiger partial charge in [-0.1, -0.05) is 25.3 Å². The minimum atomic E-state index is -0.0641. The van der Waals surface area contributed by atoms with Crippen molar-refractivity contribution >= 4 is 5.91 Å². The van der Waals surface area contributed by atoms with Gasteiger partial charge in [-0.05, 0) is 31.4 Å². The maximum absolute atomic E-state index is 11.9. The average molecular weight is 233 g/mol. The molecule has 1 spiro atoms. The van der Waals surface area contributed by atoms with Crippen LogP contribution in [-0.2, 0) is 9.53 Å². The number of carbonyl (C=O) groups is 1. The lowest BCUT2D eigenvalue weighted by atomic mass is 10.0. The highest BCUT2D eigenvalue weighted by molar-refractivity contribution is 5.87. The molecule has 1 amide bonds. The van der Waals surface area contributed by atoms with Crippen molar-refractivity contribution in [3.63, 3.8) is 0 Å². The Morgan fingerprint density at radius 1 is 1.53 bits per heavy atom. The van der Waals surface area contributed by atoms with Crippen LogP contribution in [0.3, 0.4) is 0 Å². The molecule has 0 aromatic heterocycles. The van der Waals surface area contributed by atoms with Crippen molar-refractivity contribution in [2.24, 2.45) is 0 Å². The summed E-state index contributed by atoms with van der Waals surface area (Å²) in [6.45, 7) is 10.7. The maximum atomic E-state index is 11.9. The summed E-state index contributed by atoms with van der Waals surface area (Å²) in [4.78, 5) is 13.7. The molecule has 1 heterocycles. The fraction of sp³-hybridized carbons (Fsp3) is 0.500. The minimum Gasteiger partial charge on any atom is -0.371 e. The Labute approximate surface area is 102 Å². The number of rotatable bonds is 3. The highest BCUT2D eigenvalue weighted by Gasteiger charge is 2.50. The van der Waals surface area contributed by atoms with Gasteiger partial charge in [0, 0.05) is 0 Å². The molecule has 17 heavy (non-hydrogen) atoms. The molecule has 92 valence electrons. The van der Waals surface area contributed by atoms with Gasteiger partial charge in [0.05, 0.1) is 24.8 Å². The zero-order valence-corrected chi connectivity index (χ0v) is 10.3. The molecular weight excluding hydrogens is 214 g/mol. The molecule has 1 saturated heterocycles. The topological polar surface area (TPSA) is 29.5 Å². The second kappa shape index (κ2) is 4.49. The first-order valence-electron chi connectivity index (χ1n) is 6.00. The van der Waals surface area contributed by atoms with Gasteiger partial charge < -0.3 is 9.64 Å². The minimum absolute atomic E-state index is 0.0322. The van der Waals surface area contributed by atoms with Crippen molar-refractivity contribution in [2.45, 2.75) is 31.4 Å². The van der Waals surface area contributed by atoms with Crippen molar-refractivity contribution in [3.05, 3.63) is 37.0 Å². The van der Waals surface area contributed by atoms with Crippen molar-refractivity contribution in [3.8, 4) is 0 Å². The quantitative estimate of drug-likeness (QED) is 0.551. The van der Waals surface area contributed by atoms with E-state index in [-0.39, 0.29) is 17.6 Å². The highest BCUT2D eigenvalue weighted by atomic mass is 16.5. The molecule has 1 aliphatic carbocycles. The Morgan fingerprint density at radius 3 is 2.76 bits per heavy atom. The van der Waals surface area contributed by atoms with E-state index in [2.05, 4.69) is 13.2 Å². The van der Waals surface area contributed by atoms with Crippen LogP contribution in [0.15, 0.2) is 37.0 Å². The van der Waals surface area contributed by atoms with Gasteiger partial charge in [0.1, 0.15) is 0 Å².